The molecule has 7 heteroatoms. The summed E-state index contributed by atoms with van der Waals surface area (Å²) >= 11 is 0. The molecule has 1 saturated carbocycles. The Morgan fingerprint density at radius 1 is 0.839 bits per heavy atom. The molecule has 3 fully saturated rings. The van der Waals surface area contributed by atoms with Crippen LogP contribution in [0.2, 0.25) is 0 Å². The van der Waals surface area contributed by atoms with Gasteiger partial charge in [0.15, 0.2) is 0 Å². The standard InChI is InChI=1S/C24H36N6O/c1-2-7-13-30(12-6-1)22-11-10-20(18-25-22)24-26-23(31-27-24)19-28-14-16-29(17-15-28)21-8-4-3-5-9-21/h10-11,18,21H,1-9,12-17,19H2. The lowest BCUT2D eigenvalue weighted by atomic mass is 9.94. The Morgan fingerprint density at radius 3 is 2.29 bits per heavy atom. The molecule has 2 aromatic rings. The fourth-order valence-electron chi connectivity index (χ4n) is 5.37. The smallest absolute Gasteiger partial charge is 0.241 e. The van der Waals surface area contributed by atoms with E-state index in [1.54, 1.807) is 0 Å². The fraction of sp³-hybridized carbons (Fsp3) is 0.708. The van der Waals surface area contributed by atoms with Gasteiger partial charge in [0.05, 0.1) is 6.54 Å². The Bertz CT molecular complexity index is 800. The highest BCUT2D eigenvalue weighted by molar-refractivity contribution is 5.55. The van der Waals surface area contributed by atoms with Gasteiger partial charge in [-0.05, 0) is 37.8 Å². The van der Waals surface area contributed by atoms with E-state index in [9.17, 15) is 0 Å². The van der Waals surface area contributed by atoms with Gasteiger partial charge in [-0.1, -0.05) is 37.3 Å². The Balaban J connectivity index is 1.14. The highest BCUT2D eigenvalue weighted by Gasteiger charge is 2.26. The van der Waals surface area contributed by atoms with Gasteiger partial charge in [0.25, 0.3) is 0 Å². The number of anilines is 1. The summed E-state index contributed by atoms with van der Waals surface area (Å²) < 4.78 is 5.57. The minimum Gasteiger partial charge on any atom is -0.357 e. The maximum absolute atomic E-state index is 5.57. The van der Waals surface area contributed by atoms with E-state index in [2.05, 4.69) is 42.0 Å². The predicted molar refractivity (Wildman–Crippen MR) is 122 cm³/mol. The largest absolute Gasteiger partial charge is 0.357 e. The molecule has 2 aromatic heterocycles. The first-order valence-corrected chi connectivity index (χ1v) is 12.4. The van der Waals surface area contributed by atoms with E-state index in [1.807, 2.05) is 6.20 Å². The van der Waals surface area contributed by atoms with Gasteiger partial charge in [0.2, 0.25) is 11.7 Å². The molecular weight excluding hydrogens is 388 g/mol. The molecular formula is C24H36N6O. The summed E-state index contributed by atoms with van der Waals surface area (Å²) in [6, 6.07) is 4.99. The SMILES string of the molecule is c1cc(N2CCCCCC2)ncc1-c1noc(CN2CCN(C3CCCCC3)CC2)n1. The van der Waals surface area contributed by atoms with Crippen LogP contribution >= 0.6 is 0 Å². The van der Waals surface area contributed by atoms with Crippen LogP contribution in [0.3, 0.4) is 0 Å². The van der Waals surface area contributed by atoms with E-state index in [4.69, 9.17) is 4.52 Å². The molecule has 3 aliphatic rings. The van der Waals surface area contributed by atoms with Crippen LogP contribution in [0.15, 0.2) is 22.9 Å². The van der Waals surface area contributed by atoms with E-state index >= 15 is 0 Å². The number of hydrogen-bond acceptors (Lipinski definition) is 7. The Kier molecular flexibility index (Phi) is 6.80. The zero-order valence-electron chi connectivity index (χ0n) is 18.7. The summed E-state index contributed by atoms with van der Waals surface area (Å²) in [4.78, 5) is 16.9. The van der Waals surface area contributed by atoms with Crippen LogP contribution in [-0.2, 0) is 6.54 Å². The number of rotatable bonds is 5. The molecule has 0 spiro atoms. The molecule has 7 nitrogen and oxygen atoms in total. The molecule has 168 valence electrons. The molecule has 4 heterocycles. The van der Waals surface area contributed by atoms with E-state index < -0.39 is 0 Å². The zero-order valence-corrected chi connectivity index (χ0v) is 18.7. The van der Waals surface area contributed by atoms with Gasteiger partial charge < -0.3 is 9.42 Å². The second-order valence-corrected chi connectivity index (χ2v) is 9.42. The van der Waals surface area contributed by atoms with Crippen molar-refractivity contribution in [2.24, 2.45) is 0 Å². The van der Waals surface area contributed by atoms with E-state index in [-0.39, 0.29) is 0 Å². The monoisotopic (exact) mass is 424 g/mol. The second kappa shape index (κ2) is 10.1. The van der Waals surface area contributed by atoms with Crippen molar-refractivity contribution in [1.82, 2.24) is 24.9 Å². The zero-order chi connectivity index (χ0) is 20.9. The molecule has 0 N–H and O–H groups in total. The third-order valence-electron chi connectivity index (χ3n) is 7.26. The highest BCUT2D eigenvalue weighted by Crippen LogP contribution is 2.24. The van der Waals surface area contributed by atoms with Gasteiger partial charge in [-0.2, -0.15) is 4.98 Å². The summed E-state index contributed by atoms with van der Waals surface area (Å²) in [7, 11) is 0. The van der Waals surface area contributed by atoms with Gasteiger partial charge >= 0.3 is 0 Å². The van der Waals surface area contributed by atoms with Crippen molar-refractivity contribution in [1.29, 1.82) is 0 Å². The van der Waals surface area contributed by atoms with Crippen molar-refractivity contribution in [2.45, 2.75) is 70.4 Å². The third-order valence-corrected chi connectivity index (χ3v) is 7.26. The van der Waals surface area contributed by atoms with E-state index in [1.165, 1.54) is 57.8 Å². The molecule has 31 heavy (non-hydrogen) atoms. The van der Waals surface area contributed by atoms with Crippen molar-refractivity contribution in [3.05, 3.63) is 24.2 Å². The van der Waals surface area contributed by atoms with Crippen LogP contribution in [0, 0.1) is 0 Å². The van der Waals surface area contributed by atoms with Crippen LogP contribution in [0.1, 0.15) is 63.7 Å². The molecule has 2 aliphatic heterocycles. The summed E-state index contributed by atoms with van der Waals surface area (Å²) in [5.41, 5.74) is 0.927. The normalized spacial score (nSPS) is 22.5. The van der Waals surface area contributed by atoms with Crippen LogP contribution < -0.4 is 4.90 Å². The number of nitrogens with zero attached hydrogens (tertiary/aromatic N) is 6. The maximum Gasteiger partial charge on any atom is 0.241 e. The molecule has 0 bridgehead atoms. The highest BCUT2D eigenvalue weighted by atomic mass is 16.5. The molecule has 5 rings (SSSR count). The number of piperazine rings is 1. The summed E-state index contributed by atoms with van der Waals surface area (Å²) in [5, 5.41) is 4.22. The van der Waals surface area contributed by atoms with E-state index in [0.717, 1.165) is 63.2 Å². The Morgan fingerprint density at radius 2 is 1.58 bits per heavy atom. The topological polar surface area (TPSA) is 61.5 Å². The minimum absolute atomic E-state index is 0.644. The molecule has 2 saturated heterocycles. The number of aromatic nitrogens is 3. The Labute approximate surface area is 185 Å². The van der Waals surface area contributed by atoms with Crippen LogP contribution in [0.5, 0.6) is 0 Å². The fourth-order valence-corrected chi connectivity index (χ4v) is 5.37. The van der Waals surface area contributed by atoms with Crippen molar-refractivity contribution in [3.8, 4) is 11.4 Å². The lowest BCUT2D eigenvalue weighted by molar-refractivity contribution is 0.0702. The second-order valence-electron chi connectivity index (χ2n) is 9.42. The van der Waals surface area contributed by atoms with Gasteiger partial charge in [-0.25, -0.2) is 4.98 Å². The van der Waals surface area contributed by atoms with Crippen molar-refractivity contribution >= 4 is 5.82 Å². The van der Waals surface area contributed by atoms with Crippen LogP contribution in [0.25, 0.3) is 11.4 Å². The Hall–Kier alpha value is -1.99. The van der Waals surface area contributed by atoms with Crippen LogP contribution in [0.4, 0.5) is 5.82 Å². The predicted octanol–water partition coefficient (Wildman–Crippen LogP) is 3.96. The molecule has 0 aromatic carbocycles. The first-order chi connectivity index (χ1) is 15.3. The third kappa shape index (κ3) is 5.26. The molecule has 0 unspecified atom stereocenters. The summed E-state index contributed by atoms with van der Waals surface area (Å²) in [6.07, 6.45) is 14.1. The molecule has 0 atom stereocenters. The quantitative estimate of drug-likeness (QED) is 0.720. The summed E-state index contributed by atoms with van der Waals surface area (Å²) in [5.74, 6) is 2.41. The maximum atomic E-state index is 5.57. The van der Waals surface area contributed by atoms with Gasteiger partial charge in [0, 0.05) is 57.1 Å². The summed E-state index contributed by atoms with van der Waals surface area (Å²) in [6.45, 7) is 7.44. The van der Waals surface area contributed by atoms with Crippen molar-refractivity contribution in [3.63, 3.8) is 0 Å². The van der Waals surface area contributed by atoms with Crippen LogP contribution in [-0.4, -0.2) is 70.2 Å². The average molecular weight is 425 g/mol. The molecule has 1 aliphatic carbocycles. The van der Waals surface area contributed by atoms with Crippen molar-refractivity contribution < 1.29 is 4.52 Å². The number of pyridine rings is 1. The number of hydrogen-bond donors (Lipinski definition) is 0. The molecule has 0 radical (unpaired) electrons. The average Bonchev–Trinajstić information content (AvgIpc) is 3.12. The lowest BCUT2D eigenvalue weighted by Gasteiger charge is -2.40. The minimum atomic E-state index is 0.644. The van der Waals surface area contributed by atoms with Gasteiger partial charge in [0.1, 0.15) is 5.82 Å². The van der Waals surface area contributed by atoms with Gasteiger partial charge in [-0.3, -0.25) is 9.80 Å². The molecule has 0 amide bonds. The van der Waals surface area contributed by atoms with E-state index in [0.29, 0.717) is 11.7 Å². The van der Waals surface area contributed by atoms with Gasteiger partial charge in [-0.15, -0.1) is 0 Å². The van der Waals surface area contributed by atoms with Crippen molar-refractivity contribution in [2.75, 3.05) is 44.2 Å². The first kappa shape index (κ1) is 20.9. The first-order valence-electron chi connectivity index (χ1n) is 12.4. The lowest BCUT2D eigenvalue weighted by Crippen LogP contribution is -2.50.